The van der Waals surface area contributed by atoms with Crippen molar-refractivity contribution >= 4 is 6.09 Å². The molecule has 27 heavy (non-hydrogen) atoms. The lowest BCUT2D eigenvalue weighted by Crippen LogP contribution is -2.50. The Bertz CT molecular complexity index is 658. The lowest BCUT2D eigenvalue weighted by molar-refractivity contribution is 0.0436. The van der Waals surface area contributed by atoms with E-state index in [9.17, 15) is 4.79 Å². The van der Waals surface area contributed by atoms with Gasteiger partial charge in [0.05, 0.1) is 7.11 Å². The second-order valence-electron chi connectivity index (χ2n) is 9.11. The highest BCUT2D eigenvalue weighted by molar-refractivity contribution is 5.68. The molecule has 0 spiro atoms. The van der Waals surface area contributed by atoms with Crippen molar-refractivity contribution in [1.29, 1.82) is 0 Å². The summed E-state index contributed by atoms with van der Waals surface area (Å²) >= 11 is 0. The van der Waals surface area contributed by atoms with Gasteiger partial charge in [0.1, 0.15) is 11.4 Å². The second kappa shape index (κ2) is 7.70. The largest absolute Gasteiger partial charge is 0.497 e. The maximum absolute atomic E-state index is 12.1. The number of carbonyl (C=O) groups is 1. The summed E-state index contributed by atoms with van der Waals surface area (Å²) in [6, 6.07) is 5.53. The molecule has 150 valence electrons. The van der Waals surface area contributed by atoms with Crippen LogP contribution in [0, 0.1) is 13.8 Å². The molecule has 0 saturated carbocycles. The fraction of sp³-hybridized carbons (Fsp3) is 0.682. The fourth-order valence-corrected chi connectivity index (χ4v) is 4.63. The summed E-state index contributed by atoms with van der Waals surface area (Å²) in [6.07, 6.45) is 4.15. The number of carbonyl (C=O) groups excluding carboxylic acids is 1. The van der Waals surface area contributed by atoms with Crippen molar-refractivity contribution in [3.05, 3.63) is 28.8 Å². The van der Waals surface area contributed by atoms with Crippen LogP contribution in [0.15, 0.2) is 12.1 Å². The number of hydrogen-bond acceptors (Lipinski definition) is 4. The van der Waals surface area contributed by atoms with Crippen LogP contribution in [0.25, 0.3) is 0 Å². The molecule has 2 aliphatic rings. The number of methoxy groups -OCH3 is 1. The number of aryl methyl sites for hydroxylation is 2. The Morgan fingerprint density at radius 1 is 1.15 bits per heavy atom. The summed E-state index contributed by atoms with van der Waals surface area (Å²) in [5.41, 5.74) is 3.54. The summed E-state index contributed by atoms with van der Waals surface area (Å²) < 4.78 is 10.8. The van der Waals surface area contributed by atoms with Crippen LogP contribution in [0.4, 0.5) is 4.79 Å². The van der Waals surface area contributed by atoms with Crippen LogP contribution < -0.4 is 10.1 Å². The molecule has 1 aromatic rings. The van der Waals surface area contributed by atoms with Crippen molar-refractivity contribution in [2.24, 2.45) is 0 Å². The Morgan fingerprint density at radius 3 is 2.19 bits per heavy atom. The molecule has 0 radical (unpaired) electrons. The first kappa shape index (κ1) is 20.0. The minimum atomic E-state index is -0.451. The standard InChI is InChI=1S/C22H34N2O3/c1-14-9-19(26-6)10-15(2)20(14)13-24-17-7-8-18(24)12-16(11-17)23-21(25)27-22(3,4)5/h9-10,16-18H,7-8,11-13H2,1-6H3,(H,23,25). The van der Waals surface area contributed by atoms with Gasteiger partial charge < -0.3 is 14.8 Å². The molecule has 0 aromatic heterocycles. The van der Waals surface area contributed by atoms with E-state index in [-0.39, 0.29) is 12.1 Å². The molecule has 5 heteroatoms. The van der Waals surface area contributed by atoms with E-state index < -0.39 is 5.60 Å². The van der Waals surface area contributed by atoms with Crippen LogP contribution in [0.1, 0.15) is 63.1 Å². The molecule has 2 aliphatic heterocycles. The van der Waals surface area contributed by atoms with E-state index >= 15 is 0 Å². The number of amides is 1. The summed E-state index contributed by atoms with van der Waals surface area (Å²) in [6.45, 7) is 11.0. The molecule has 2 heterocycles. The lowest BCUT2D eigenvalue weighted by Gasteiger charge is -2.39. The fourth-order valence-electron chi connectivity index (χ4n) is 4.63. The number of ether oxygens (including phenoxy) is 2. The maximum Gasteiger partial charge on any atom is 0.407 e. The summed E-state index contributed by atoms with van der Waals surface area (Å²) in [4.78, 5) is 14.8. The Balaban J connectivity index is 1.64. The normalized spacial score (nSPS) is 25.3. The zero-order chi connectivity index (χ0) is 19.8. The van der Waals surface area contributed by atoms with Gasteiger partial charge in [0.2, 0.25) is 0 Å². The predicted molar refractivity (Wildman–Crippen MR) is 107 cm³/mol. The first-order valence-corrected chi connectivity index (χ1v) is 10.1. The monoisotopic (exact) mass is 374 g/mol. The quantitative estimate of drug-likeness (QED) is 0.852. The summed E-state index contributed by atoms with van der Waals surface area (Å²) in [5, 5.41) is 3.09. The Kier molecular flexibility index (Phi) is 5.71. The van der Waals surface area contributed by atoms with E-state index in [2.05, 4.69) is 36.2 Å². The van der Waals surface area contributed by atoms with E-state index in [4.69, 9.17) is 9.47 Å². The van der Waals surface area contributed by atoms with Crippen LogP contribution in [-0.2, 0) is 11.3 Å². The van der Waals surface area contributed by atoms with Gasteiger partial charge in [-0.15, -0.1) is 0 Å². The molecule has 1 N–H and O–H groups in total. The van der Waals surface area contributed by atoms with Gasteiger partial charge in [-0.05, 0) is 89.1 Å². The molecule has 3 rings (SSSR count). The first-order chi connectivity index (χ1) is 12.7. The molecule has 2 atom stereocenters. The van der Waals surface area contributed by atoms with Crippen LogP contribution >= 0.6 is 0 Å². The van der Waals surface area contributed by atoms with Crippen LogP contribution in [0.3, 0.4) is 0 Å². The van der Waals surface area contributed by atoms with Gasteiger partial charge >= 0.3 is 6.09 Å². The van der Waals surface area contributed by atoms with Crippen molar-refractivity contribution < 1.29 is 14.3 Å². The van der Waals surface area contributed by atoms with Crippen molar-refractivity contribution in [3.8, 4) is 5.75 Å². The van der Waals surface area contributed by atoms with Crippen LogP contribution in [-0.4, -0.2) is 41.8 Å². The number of rotatable bonds is 4. The topological polar surface area (TPSA) is 50.8 Å². The third-order valence-electron chi connectivity index (χ3n) is 5.85. The molecule has 2 unspecified atom stereocenters. The van der Waals surface area contributed by atoms with Crippen molar-refractivity contribution in [1.82, 2.24) is 10.2 Å². The van der Waals surface area contributed by atoms with Crippen molar-refractivity contribution in [2.75, 3.05) is 7.11 Å². The maximum atomic E-state index is 12.1. The Morgan fingerprint density at radius 2 is 1.70 bits per heavy atom. The van der Waals surface area contributed by atoms with Gasteiger partial charge in [0.15, 0.2) is 0 Å². The zero-order valence-electron chi connectivity index (χ0n) is 17.6. The smallest absolute Gasteiger partial charge is 0.407 e. The average molecular weight is 375 g/mol. The van der Waals surface area contributed by atoms with E-state index in [1.54, 1.807) is 7.11 Å². The highest BCUT2D eigenvalue weighted by atomic mass is 16.6. The average Bonchev–Trinajstić information content (AvgIpc) is 2.77. The summed E-state index contributed by atoms with van der Waals surface area (Å²) in [7, 11) is 1.72. The highest BCUT2D eigenvalue weighted by Gasteiger charge is 2.41. The molecule has 2 saturated heterocycles. The Hall–Kier alpha value is -1.75. The zero-order valence-corrected chi connectivity index (χ0v) is 17.6. The van der Waals surface area contributed by atoms with Gasteiger partial charge in [-0.25, -0.2) is 4.79 Å². The summed E-state index contributed by atoms with van der Waals surface area (Å²) in [5.74, 6) is 0.928. The van der Waals surface area contributed by atoms with Gasteiger partial charge in [-0.2, -0.15) is 0 Å². The van der Waals surface area contributed by atoms with E-state index in [0.29, 0.717) is 12.1 Å². The lowest BCUT2D eigenvalue weighted by atomic mass is 9.95. The van der Waals surface area contributed by atoms with Crippen LogP contribution in [0.5, 0.6) is 5.75 Å². The molecule has 0 aliphatic carbocycles. The van der Waals surface area contributed by atoms with E-state index in [1.165, 1.54) is 29.5 Å². The minimum Gasteiger partial charge on any atom is -0.497 e. The highest BCUT2D eigenvalue weighted by Crippen LogP contribution is 2.38. The predicted octanol–water partition coefficient (Wildman–Crippen LogP) is 4.33. The molecule has 1 aromatic carbocycles. The van der Waals surface area contributed by atoms with E-state index in [0.717, 1.165) is 25.1 Å². The second-order valence-corrected chi connectivity index (χ2v) is 9.11. The van der Waals surface area contributed by atoms with Gasteiger partial charge in [-0.1, -0.05) is 0 Å². The number of nitrogens with one attached hydrogen (secondary N) is 1. The molecular formula is C22H34N2O3. The first-order valence-electron chi connectivity index (χ1n) is 10.1. The third kappa shape index (κ3) is 4.75. The third-order valence-corrected chi connectivity index (χ3v) is 5.85. The number of benzene rings is 1. The van der Waals surface area contributed by atoms with Gasteiger partial charge in [0.25, 0.3) is 0 Å². The number of nitrogens with zero attached hydrogens (tertiary/aromatic N) is 1. The molecular weight excluding hydrogens is 340 g/mol. The van der Waals surface area contributed by atoms with Crippen molar-refractivity contribution in [2.45, 2.75) is 90.6 Å². The van der Waals surface area contributed by atoms with E-state index in [1.807, 2.05) is 20.8 Å². The minimum absolute atomic E-state index is 0.215. The number of hydrogen-bond donors (Lipinski definition) is 1. The molecule has 5 nitrogen and oxygen atoms in total. The number of fused-ring (bicyclic) bond motifs is 2. The number of piperidine rings is 1. The molecule has 2 fully saturated rings. The molecule has 2 bridgehead atoms. The molecule has 1 amide bonds. The number of alkyl carbamates (subject to hydrolysis) is 1. The Labute approximate surface area is 163 Å². The van der Waals surface area contributed by atoms with Gasteiger partial charge in [0, 0.05) is 24.7 Å². The SMILES string of the molecule is COc1cc(C)c(CN2C3CCC2CC(NC(=O)OC(C)(C)C)C3)c(C)c1. The van der Waals surface area contributed by atoms with Crippen LogP contribution in [0.2, 0.25) is 0 Å². The van der Waals surface area contributed by atoms with Gasteiger partial charge in [-0.3, -0.25) is 4.90 Å². The van der Waals surface area contributed by atoms with Crippen molar-refractivity contribution in [3.63, 3.8) is 0 Å².